The van der Waals surface area contributed by atoms with Gasteiger partial charge in [-0.25, -0.2) is 8.42 Å². The van der Waals surface area contributed by atoms with Gasteiger partial charge in [0.25, 0.3) is 5.91 Å². The van der Waals surface area contributed by atoms with Crippen LogP contribution in [0.2, 0.25) is 0 Å². The monoisotopic (exact) mass is 432 g/mol. The van der Waals surface area contributed by atoms with Gasteiger partial charge in [0, 0.05) is 19.4 Å². The molecule has 154 valence electrons. The lowest BCUT2D eigenvalue weighted by molar-refractivity contribution is -0.117. The van der Waals surface area contributed by atoms with Gasteiger partial charge in [-0.15, -0.1) is 0 Å². The first-order valence-corrected chi connectivity index (χ1v) is 12.0. The molecule has 0 saturated carbocycles. The smallest absolute Gasteiger partial charge is 0.252 e. The third kappa shape index (κ3) is 5.41. The number of aromatic nitrogens is 1. The summed E-state index contributed by atoms with van der Waals surface area (Å²) in [6.07, 6.45) is 1.27. The number of thiazole rings is 1. The van der Waals surface area contributed by atoms with E-state index >= 15 is 0 Å². The Hall–Kier alpha value is -2.29. The normalized spacial score (nSPS) is 12.6. The third-order valence-corrected chi connectivity index (χ3v) is 6.60. The maximum atomic E-state index is 12.6. The number of hydrogen-bond acceptors (Lipinski definition) is 5. The minimum absolute atomic E-state index is 0.114. The first-order chi connectivity index (χ1) is 13.8. The summed E-state index contributed by atoms with van der Waals surface area (Å²) in [5, 5.41) is 0. The lowest BCUT2D eigenvalue weighted by atomic mass is 10.1. The summed E-state index contributed by atoms with van der Waals surface area (Å²) in [5.41, 5.74) is 2.91. The van der Waals surface area contributed by atoms with E-state index in [1.54, 1.807) is 12.1 Å². The van der Waals surface area contributed by atoms with Crippen molar-refractivity contribution in [3.63, 3.8) is 0 Å². The molecule has 1 aromatic heterocycles. The van der Waals surface area contributed by atoms with Crippen molar-refractivity contribution < 1.29 is 17.9 Å². The van der Waals surface area contributed by atoms with Crippen LogP contribution in [0.3, 0.4) is 0 Å². The number of nitrogens with zero attached hydrogens (tertiary/aromatic N) is 2. The van der Waals surface area contributed by atoms with Crippen LogP contribution in [0, 0.1) is 6.92 Å². The number of sulfone groups is 1. The molecule has 0 bridgehead atoms. The fraction of sp³-hybridized carbons (Fsp3) is 0.333. The third-order valence-electron chi connectivity index (χ3n) is 4.43. The molecule has 0 aliphatic heterocycles. The van der Waals surface area contributed by atoms with Crippen molar-refractivity contribution >= 4 is 37.3 Å². The number of amides is 1. The Bertz CT molecular complexity index is 1190. The number of aryl methyl sites for hydroxylation is 1. The molecule has 0 unspecified atom stereocenters. The van der Waals surface area contributed by atoms with Gasteiger partial charge in [0.05, 0.1) is 28.1 Å². The maximum Gasteiger partial charge on any atom is 0.252 e. The second-order valence-electron chi connectivity index (χ2n) is 6.80. The Kier molecular flexibility index (Phi) is 6.66. The summed E-state index contributed by atoms with van der Waals surface area (Å²) in [6, 6.07) is 12.5. The van der Waals surface area contributed by atoms with Crippen molar-refractivity contribution in [2.75, 3.05) is 19.5 Å². The van der Waals surface area contributed by atoms with E-state index in [9.17, 15) is 13.2 Å². The molecule has 0 aliphatic rings. The predicted octanol–water partition coefficient (Wildman–Crippen LogP) is 3.12. The van der Waals surface area contributed by atoms with E-state index in [1.165, 1.54) is 23.5 Å². The van der Waals surface area contributed by atoms with Crippen molar-refractivity contribution in [3.8, 4) is 0 Å². The SMILES string of the molecule is CCOCCn1c(=NC(=O)Cc2ccc(S(C)(=O)=O)cc2)sc2cc(C)ccc21. The second-order valence-corrected chi connectivity index (χ2v) is 9.83. The van der Waals surface area contributed by atoms with Crippen LogP contribution in [-0.4, -0.2) is 38.4 Å². The van der Waals surface area contributed by atoms with E-state index in [4.69, 9.17) is 4.74 Å². The molecule has 3 aromatic rings. The van der Waals surface area contributed by atoms with E-state index in [0.29, 0.717) is 24.6 Å². The molecule has 8 heteroatoms. The Morgan fingerprint density at radius 3 is 2.55 bits per heavy atom. The summed E-state index contributed by atoms with van der Waals surface area (Å²) < 4.78 is 31.7. The molecule has 6 nitrogen and oxygen atoms in total. The van der Waals surface area contributed by atoms with Crippen LogP contribution in [-0.2, 0) is 32.3 Å². The van der Waals surface area contributed by atoms with Gasteiger partial charge in [-0.3, -0.25) is 4.79 Å². The minimum atomic E-state index is -3.25. The number of benzene rings is 2. The van der Waals surface area contributed by atoms with Crippen LogP contribution in [0.5, 0.6) is 0 Å². The zero-order valence-corrected chi connectivity index (χ0v) is 18.3. The average molecular weight is 433 g/mol. The number of ether oxygens (including phenoxy) is 1. The van der Waals surface area contributed by atoms with E-state index in [0.717, 1.165) is 27.6 Å². The Labute approximate surface area is 174 Å². The highest BCUT2D eigenvalue weighted by Gasteiger charge is 2.10. The molecular formula is C21H24N2O4S2. The molecule has 2 aromatic carbocycles. The molecular weight excluding hydrogens is 408 g/mol. The van der Waals surface area contributed by atoms with Gasteiger partial charge in [0.2, 0.25) is 0 Å². The first kappa shape index (κ1) is 21.4. The van der Waals surface area contributed by atoms with Crippen molar-refractivity contribution in [3.05, 3.63) is 58.4 Å². The van der Waals surface area contributed by atoms with Crippen LogP contribution < -0.4 is 4.80 Å². The van der Waals surface area contributed by atoms with Gasteiger partial charge in [-0.1, -0.05) is 29.5 Å². The van der Waals surface area contributed by atoms with Gasteiger partial charge in [-0.2, -0.15) is 4.99 Å². The molecule has 0 spiro atoms. The molecule has 1 heterocycles. The van der Waals surface area contributed by atoms with Crippen LogP contribution >= 0.6 is 11.3 Å². The maximum absolute atomic E-state index is 12.6. The summed E-state index contributed by atoms with van der Waals surface area (Å²) in [5.74, 6) is -0.273. The van der Waals surface area contributed by atoms with Crippen molar-refractivity contribution in [1.82, 2.24) is 4.57 Å². The number of fused-ring (bicyclic) bond motifs is 1. The van der Waals surface area contributed by atoms with Gasteiger partial charge < -0.3 is 9.30 Å². The molecule has 1 amide bonds. The highest BCUT2D eigenvalue weighted by Crippen LogP contribution is 2.19. The van der Waals surface area contributed by atoms with E-state index in [-0.39, 0.29) is 17.2 Å². The Morgan fingerprint density at radius 2 is 1.90 bits per heavy atom. The first-order valence-electron chi connectivity index (χ1n) is 9.32. The van der Waals surface area contributed by atoms with Crippen LogP contribution in [0.4, 0.5) is 0 Å². The van der Waals surface area contributed by atoms with Crippen molar-refractivity contribution in [2.24, 2.45) is 4.99 Å². The van der Waals surface area contributed by atoms with E-state index in [1.807, 2.05) is 30.5 Å². The fourth-order valence-electron chi connectivity index (χ4n) is 2.96. The number of rotatable bonds is 7. The lowest BCUT2D eigenvalue weighted by Crippen LogP contribution is -2.20. The van der Waals surface area contributed by atoms with Gasteiger partial charge in [-0.05, 0) is 49.2 Å². The van der Waals surface area contributed by atoms with Crippen LogP contribution in [0.1, 0.15) is 18.1 Å². The molecule has 0 N–H and O–H groups in total. The molecule has 0 fully saturated rings. The number of carbonyl (C=O) groups excluding carboxylic acids is 1. The van der Waals surface area contributed by atoms with Gasteiger partial charge in [0.15, 0.2) is 14.6 Å². The van der Waals surface area contributed by atoms with E-state index in [2.05, 4.69) is 11.1 Å². The van der Waals surface area contributed by atoms with Gasteiger partial charge in [0.1, 0.15) is 0 Å². The molecule has 3 rings (SSSR count). The zero-order valence-electron chi connectivity index (χ0n) is 16.7. The molecule has 29 heavy (non-hydrogen) atoms. The molecule has 0 saturated heterocycles. The average Bonchev–Trinajstić information content (AvgIpc) is 2.97. The minimum Gasteiger partial charge on any atom is -0.380 e. The topological polar surface area (TPSA) is 77.7 Å². The standard InChI is InChI=1S/C21H24N2O4S2/c1-4-27-12-11-23-18-10-5-15(2)13-19(18)28-21(23)22-20(24)14-16-6-8-17(9-7-16)29(3,25)26/h5-10,13H,4,11-12,14H2,1-3H3. The van der Waals surface area contributed by atoms with Crippen molar-refractivity contribution in [2.45, 2.75) is 31.7 Å². The molecule has 0 aliphatic carbocycles. The quantitative estimate of drug-likeness (QED) is 0.538. The largest absolute Gasteiger partial charge is 0.380 e. The molecule has 0 radical (unpaired) electrons. The van der Waals surface area contributed by atoms with Crippen molar-refractivity contribution in [1.29, 1.82) is 0 Å². The summed E-state index contributed by atoms with van der Waals surface area (Å²) in [4.78, 5) is 17.8. The zero-order chi connectivity index (χ0) is 21.0. The van der Waals surface area contributed by atoms with E-state index < -0.39 is 9.84 Å². The second kappa shape index (κ2) is 9.02. The van der Waals surface area contributed by atoms with Crippen LogP contribution in [0.25, 0.3) is 10.2 Å². The van der Waals surface area contributed by atoms with Crippen LogP contribution in [0.15, 0.2) is 52.4 Å². The summed E-state index contributed by atoms with van der Waals surface area (Å²) in [7, 11) is -3.25. The summed E-state index contributed by atoms with van der Waals surface area (Å²) >= 11 is 1.48. The lowest BCUT2D eigenvalue weighted by Gasteiger charge is -2.05. The summed E-state index contributed by atoms with van der Waals surface area (Å²) in [6.45, 7) is 5.78. The Balaban J connectivity index is 1.89. The Morgan fingerprint density at radius 1 is 1.17 bits per heavy atom. The van der Waals surface area contributed by atoms with Gasteiger partial charge >= 0.3 is 0 Å². The molecule has 0 atom stereocenters. The highest BCUT2D eigenvalue weighted by atomic mass is 32.2. The number of carbonyl (C=O) groups is 1. The highest BCUT2D eigenvalue weighted by molar-refractivity contribution is 7.90. The number of hydrogen-bond donors (Lipinski definition) is 0. The predicted molar refractivity (Wildman–Crippen MR) is 115 cm³/mol. The fourth-order valence-corrected chi connectivity index (χ4v) is 4.76.